The fraction of sp³-hybridized carbons (Fsp3) is 0.429. The highest BCUT2D eigenvalue weighted by Crippen LogP contribution is 2.22. The van der Waals surface area contributed by atoms with Crippen LogP contribution in [0.2, 0.25) is 0 Å². The minimum atomic E-state index is -0.850. The van der Waals surface area contributed by atoms with Gasteiger partial charge in [-0.05, 0) is 39.8 Å². The van der Waals surface area contributed by atoms with Gasteiger partial charge in [0.1, 0.15) is 5.75 Å². The number of benzene rings is 1. The summed E-state index contributed by atoms with van der Waals surface area (Å²) in [6.07, 6.45) is -0.0681. The molecule has 0 heterocycles. The van der Waals surface area contributed by atoms with Crippen LogP contribution in [0.3, 0.4) is 0 Å². The number of hydrogen-bond acceptors (Lipinski definition) is 4. The second-order valence-corrected chi connectivity index (χ2v) is 4.22. The maximum atomic E-state index is 11.9. The van der Waals surface area contributed by atoms with Gasteiger partial charge in [0.05, 0.1) is 18.3 Å². The van der Waals surface area contributed by atoms with Crippen molar-refractivity contribution in [2.45, 2.75) is 33.8 Å². The lowest BCUT2D eigenvalue weighted by molar-refractivity contribution is -0.137. The first-order valence-corrected chi connectivity index (χ1v) is 5.94. The lowest BCUT2D eigenvalue weighted by Crippen LogP contribution is -2.19. The Labute approximate surface area is 107 Å². The van der Waals surface area contributed by atoms with E-state index in [-0.39, 0.29) is 18.3 Å². The summed E-state index contributed by atoms with van der Waals surface area (Å²) in [6.45, 7) is 7.40. The minimum Gasteiger partial charge on any atom is -0.490 e. The molecule has 18 heavy (non-hydrogen) atoms. The van der Waals surface area contributed by atoms with E-state index in [0.717, 1.165) is 5.56 Å². The Morgan fingerprint density at radius 2 is 1.94 bits per heavy atom. The number of esters is 1. The molecule has 1 aromatic rings. The van der Waals surface area contributed by atoms with Crippen LogP contribution in [0.5, 0.6) is 5.75 Å². The molecule has 4 heteroatoms. The highest BCUT2D eigenvalue weighted by molar-refractivity contribution is 6.41. The maximum Gasteiger partial charge on any atom is 0.379 e. The van der Waals surface area contributed by atoms with Crippen LogP contribution >= 0.6 is 0 Å². The Morgan fingerprint density at radius 1 is 1.28 bits per heavy atom. The van der Waals surface area contributed by atoms with Crippen molar-refractivity contribution >= 4 is 11.8 Å². The molecule has 0 fully saturated rings. The molecular weight excluding hydrogens is 232 g/mol. The van der Waals surface area contributed by atoms with Crippen LogP contribution in [0.1, 0.15) is 36.7 Å². The van der Waals surface area contributed by atoms with Crippen molar-refractivity contribution < 1.29 is 19.1 Å². The Balaban J connectivity index is 3.08. The Bertz CT molecular complexity index is 449. The number of Topliss-reactive ketones (excluding diaryl/α,β-unsaturated/α-hetero) is 1. The summed E-state index contributed by atoms with van der Waals surface area (Å²) in [5, 5.41) is 0. The van der Waals surface area contributed by atoms with Crippen molar-refractivity contribution in [3.05, 3.63) is 29.3 Å². The van der Waals surface area contributed by atoms with Crippen molar-refractivity contribution in [2.75, 3.05) is 6.61 Å². The van der Waals surface area contributed by atoms with Crippen molar-refractivity contribution in [3.8, 4) is 5.75 Å². The van der Waals surface area contributed by atoms with Crippen molar-refractivity contribution in [1.82, 2.24) is 0 Å². The Kier molecular flexibility index (Phi) is 4.89. The quantitative estimate of drug-likeness (QED) is 0.458. The summed E-state index contributed by atoms with van der Waals surface area (Å²) in [5.41, 5.74) is 1.14. The van der Waals surface area contributed by atoms with E-state index in [1.165, 1.54) is 0 Å². The molecule has 0 saturated carbocycles. The minimum absolute atomic E-state index is 0.0681. The molecule has 1 aromatic carbocycles. The topological polar surface area (TPSA) is 52.6 Å². The maximum absolute atomic E-state index is 11.9. The zero-order valence-electron chi connectivity index (χ0n) is 11.1. The number of aryl methyl sites for hydroxylation is 1. The monoisotopic (exact) mass is 250 g/mol. The fourth-order valence-corrected chi connectivity index (χ4v) is 1.48. The van der Waals surface area contributed by atoms with Crippen LogP contribution in [0.15, 0.2) is 18.2 Å². The normalized spacial score (nSPS) is 10.3. The predicted molar refractivity (Wildman–Crippen MR) is 67.9 cm³/mol. The van der Waals surface area contributed by atoms with Crippen molar-refractivity contribution in [3.63, 3.8) is 0 Å². The predicted octanol–water partition coefficient (Wildman–Crippen LogP) is 2.53. The van der Waals surface area contributed by atoms with Gasteiger partial charge in [-0.15, -0.1) is 0 Å². The van der Waals surface area contributed by atoms with Crippen LogP contribution in [0, 0.1) is 6.92 Å². The van der Waals surface area contributed by atoms with Gasteiger partial charge in [0, 0.05) is 0 Å². The summed E-state index contributed by atoms with van der Waals surface area (Å²) in [6, 6.07) is 5.17. The van der Waals surface area contributed by atoms with Gasteiger partial charge in [0.15, 0.2) is 0 Å². The van der Waals surface area contributed by atoms with E-state index in [4.69, 9.17) is 9.47 Å². The molecular formula is C14H18O4. The number of carbonyl (C=O) groups is 2. The van der Waals surface area contributed by atoms with E-state index < -0.39 is 11.8 Å². The van der Waals surface area contributed by atoms with E-state index in [1.54, 1.807) is 19.1 Å². The standard InChI is InChI=1S/C14H18O4/c1-5-17-14(16)13(15)11-8-10(4)6-7-12(11)18-9(2)3/h6-9H,5H2,1-4H3. The highest BCUT2D eigenvalue weighted by Gasteiger charge is 2.22. The molecule has 0 unspecified atom stereocenters. The lowest BCUT2D eigenvalue weighted by Gasteiger charge is -2.13. The van der Waals surface area contributed by atoms with Gasteiger partial charge < -0.3 is 9.47 Å². The first kappa shape index (κ1) is 14.2. The Hall–Kier alpha value is -1.84. The number of hydrogen-bond donors (Lipinski definition) is 0. The molecule has 0 atom stereocenters. The average Bonchev–Trinajstić information content (AvgIpc) is 2.30. The van der Waals surface area contributed by atoms with E-state index in [0.29, 0.717) is 5.75 Å². The van der Waals surface area contributed by atoms with E-state index in [1.807, 2.05) is 26.8 Å². The number of rotatable bonds is 5. The molecule has 0 aromatic heterocycles. The summed E-state index contributed by atoms with van der Waals surface area (Å²) >= 11 is 0. The molecule has 0 radical (unpaired) electrons. The second kappa shape index (κ2) is 6.19. The van der Waals surface area contributed by atoms with Gasteiger partial charge in [-0.2, -0.15) is 0 Å². The molecule has 0 N–H and O–H groups in total. The average molecular weight is 250 g/mol. The second-order valence-electron chi connectivity index (χ2n) is 4.22. The Morgan fingerprint density at radius 3 is 2.50 bits per heavy atom. The first-order chi connectivity index (χ1) is 8.45. The van der Waals surface area contributed by atoms with E-state index >= 15 is 0 Å². The molecule has 0 aliphatic carbocycles. The summed E-state index contributed by atoms with van der Waals surface area (Å²) in [4.78, 5) is 23.4. The molecule has 0 amide bonds. The van der Waals surface area contributed by atoms with Gasteiger partial charge in [0.25, 0.3) is 5.78 Å². The zero-order chi connectivity index (χ0) is 13.7. The first-order valence-electron chi connectivity index (χ1n) is 5.94. The molecule has 0 aliphatic heterocycles. The molecule has 98 valence electrons. The third kappa shape index (κ3) is 3.58. The largest absolute Gasteiger partial charge is 0.490 e. The number of ether oxygens (including phenoxy) is 2. The fourth-order valence-electron chi connectivity index (χ4n) is 1.48. The van der Waals surface area contributed by atoms with E-state index in [2.05, 4.69) is 0 Å². The lowest BCUT2D eigenvalue weighted by atomic mass is 10.1. The molecule has 0 bridgehead atoms. The smallest absolute Gasteiger partial charge is 0.379 e. The van der Waals surface area contributed by atoms with Crippen LogP contribution in [-0.4, -0.2) is 24.5 Å². The van der Waals surface area contributed by atoms with Gasteiger partial charge in [-0.3, -0.25) is 4.79 Å². The number of ketones is 1. The highest BCUT2D eigenvalue weighted by atomic mass is 16.5. The third-order valence-electron chi connectivity index (χ3n) is 2.20. The zero-order valence-corrected chi connectivity index (χ0v) is 11.1. The van der Waals surface area contributed by atoms with Gasteiger partial charge in [-0.1, -0.05) is 11.6 Å². The molecule has 1 rings (SSSR count). The number of carbonyl (C=O) groups excluding carboxylic acids is 2. The van der Waals surface area contributed by atoms with Crippen LogP contribution in [0.4, 0.5) is 0 Å². The van der Waals surface area contributed by atoms with Gasteiger partial charge in [-0.25, -0.2) is 4.79 Å². The van der Waals surface area contributed by atoms with Crippen molar-refractivity contribution in [1.29, 1.82) is 0 Å². The summed E-state index contributed by atoms with van der Waals surface area (Å²) in [5.74, 6) is -1.11. The summed E-state index contributed by atoms with van der Waals surface area (Å²) in [7, 11) is 0. The molecule has 0 aliphatic rings. The van der Waals surface area contributed by atoms with Crippen LogP contribution < -0.4 is 4.74 Å². The van der Waals surface area contributed by atoms with Crippen LogP contribution in [-0.2, 0) is 9.53 Å². The van der Waals surface area contributed by atoms with Gasteiger partial charge in [0.2, 0.25) is 0 Å². The molecule has 0 spiro atoms. The summed E-state index contributed by atoms with van der Waals surface area (Å²) < 4.78 is 10.2. The van der Waals surface area contributed by atoms with Gasteiger partial charge >= 0.3 is 5.97 Å². The van der Waals surface area contributed by atoms with Crippen LogP contribution in [0.25, 0.3) is 0 Å². The molecule has 4 nitrogen and oxygen atoms in total. The van der Waals surface area contributed by atoms with Crippen molar-refractivity contribution in [2.24, 2.45) is 0 Å². The van der Waals surface area contributed by atoms with E-state index in [9.17, 15) is 9.59 Å². The third-order valence-corrected chi connectivity index (χ3v) is 2.20. The molecule has 0 saturated heterocycles. The SMILES string of the molecule is CCOC(=O)C(=O)c1cc(C)ccc1OC(C)C.